The molecule has 2 aliphatic rings. The van der Waals surface area contributed by atoms with E-state index in [0.29, 0.717) is 6.04 Å². The summed E-state index contributed by atoms with van der Waals surface area (Å²) in [5.41, 5.74) is 1.24. The van der Waals surface area contributed by atoms with E-state index >= 15 is 0 Å². The van der Waals surface area contributed by atoms with E-state index in [1.165, 1.54) is 44.3 Å². The topological polar surface area (TPSA) is 35.5 Å². The van der Waals surface area contributed by atoms with Gasteiger partial charge in [-0.3, -0.25) is 0 Å². The van der Waals surface area contributed by atoms with Gasteiger partial charge < -0.3 is 15.3 Å². The van der Waals surface area contributed by atoms with Crippen molar-refractivity contribution in [1.29, 1.82) is 0 Å². The van der Waals surface area contributed by atoms with E-state index in [1.54, 1.807) is 0 Å². The summed E-state index contributed by atoms with van der Waals surface area (Å²) in [5.74, 6) is 0.220. The quantitative estimate of drug-likeness (QED) is 0.862. The highest BCUT2D eigenvalue weighted by molar-refractivity contribution is 5.20. The molecule has 2 heterocycles. The van der Waals surface area contributed by atoms with Crippen LogP contribution < -0.4 is 5.32 Å². The summed E-state index contributed by atoms with van der Waals surface area (Å²) >= 11 is 0. The van der Waals surface area contributed by atoms with Gasteiger partial charge in [-0.2, -0.15) is 0 Å². The highest BCUT2D eigenvalue weighted by atomic mass is 16.3. The van der Waals surface area contributed by atoms with E-state index in [4.69, 9.17) is 0 Å². The highest BCUT2D eigenvalue weighted by Crippen LogP contribution is 2.27. The molecule has 1 aromatic carbocycles. The maximum Gasteiger partial charge on any atom is 0.0511 e. The molecule has 3 atom stereocenters. The van der Waals surface area contributed by atoms with Crippen molar-refractivity contribution < 1.29 is 5.11 Å². The van der Waals surface area contributed by atoms with Gasteiger partial charge in [-0.15, -0.1) is 0 Å². The largest absolute Gasteiger partial charge is 0.396 e. The van der Waals surface area contributed by atoms with Crippen LogP contribution in [0.25, 0.3) is 0 Å². The lowest BCUT2D eigenvalue weighted by Crippen LogP contribution is -2.46. The van der Waals surface area contributed by atoms with Crippen molar-refractivity contribution >= 4 is 0 Å². The van der Waals surface area contributed by atoms with Gasteiger partial charge in [0, 0.05) is 24.5 Å². The van der Waals surface area contributed by atoms with E-state index in [2.05, 4.69) is 34.5 Å². The molecule has 0 aliphatic carbocycles. The second-order valence-electron chi connectivity index (χ2n) is 6.25. The number of aliphatic hydroxyl groups excluding tert-OH is 1. The Hall–Kier alpha value is -0.900. The van der Waals surface area contributed by atoms with Gasteiger partial charge in [0.15, 0.2) is 0 Å². The molecule has 0 amide bonds. The fourth-order valence-corrected chi connectivity index (χ4v) is 3.73. The number of fused-ring (bicyclic) bond motifs is 1. The summed E-state index contributed by atoms with van der Waals surface area (Å²) in [6.45, 7) is 3.66. The number of piperidine rings is 1. The fourth-order valence-electron chi connectivity index (χ4n) is 3.73. The normalized spacial score (nSPS) is 28.2. The lowest BCUT2D eigenvalue weighted by atomic mass is 9.95. The average Bonchev–Trinajstić information content (AvgIpc) is 2.96. The smallest absolute Gasteiger partial charge is 0.0511 e. The molecular formula is C17H26N2O. The van der Waals surface area contributed by atoms with Crippen LogP contribution in [0.3, 0.4) is 0 Å². The van der Waals surface area contributed by atoms with Gasteiger partial charge in [0.1, 0.15) is 0 Å². The Morgan fingerprint density at radius 3 is 2.85 bits per heavy atom. The Morgan fingerprint density at radius 2 is 2.05 bits per heavy atom. The number of hydrogen-bond donors (Lipinski definition) is 2. The maximum absolute atomic E-state index is 9.61. The second kappa shape index (κ2) is 6.70. The van der Waals surface area contributed by atoms with Crippen LogP contribution in [-0.4, -0.2) is 48.3 Å². The molecule has 0 aromatic heterocycles. The lowest BCUT2D eigenvalue weighted by Gasteiger charge is -2.35. The van der Waals surface area contributed by atoms with E-state index in [0.717, 1.165) is 12.6 Å². The molecule has 2 fully saturated rings. The third-order valence-electron chi connectivity index (χ3n) is 4.96. The van der Waals surface area contributed by atoms with Crippen LogP contribution in [-0.2, 0) is 0 Å². The molecule has 2 aliphatic heterocycles. The average molecular weight is 274 g/mol. The van der Waals surface area contributed by atoms with Gasteiger partial charge in [0.25, 0.3) is 0 Å². The summed E-state index contributed by atoms with van der Waals surface area (Å²) in [7, 11) is 0. The Morgan fingerprint density at radius 1 is 1.20 bits per heavy atom. The number of rotatable bonds is 5. The van der Waals surface area contributed by atoms with Gasteiger partial charge in [-0.1, -0.05) is 30.3 Å². The standard InChI is InChI=1S/C17H26N2O/c20-13-15(14-5-2-1-3-6-14)12-18-16-8-10-19-9-4-7-17(19)11-16/h1-3,5-6,15-18,20H,4,7-13H2/t15-,16-,17-/m1/s1. The van der Waals surface area contributed by atoms with E-state index in [-0.39, 0.29) is 12.5 Å². The molecule has 2 N–H and O–H groups in total. The molecule has 0 radical (unpaired) electrons. The van der Waals surface area contributed by atoms with Crippen molar-refractivity contribution in [1.82, 2.24) is 10.2 Å². The first-order valence-electron chi connectivity index (χ1n) is 8.00. The van der Waals surface area contributed by atoms with Crippen LogP contribution in [0.15, 0.2) is 30.3 Å². The van der Waals surface area contributed by atoms with E-state index < -0.39 is 0 Å². The van der Waals surface area contributed by atoms with Crippen molar-refractivity contribution in [2.75, 3.05) is 26.2 Å². The molecule has 2 saturated heterocycles. The second-order valence-corrected chi connectivity index (χ2v) is 6.25. The molecule has 0 unspecified atom stereocenters. The monoisotopic (exact) mass is 274 g/mol. The molecule has 0 bridgehead atoms. The van der Waals surface area contributed by atoms with Crippen molar-refractivity contribution in [2.45, 2.75) is 43.7 Å². The summed E-state index contributed by atoms with van der Waals surface area (Å²) in [6.07, 6.45) is 5.29. The van der Waals surface area contributed by atoms with Gasteiger partial charge in [-0.05, 0) is 44.3 Å². The first-order chi connectivity index (χ1) is 9.86. The molecule has 0 saturated carbocycles. The van der Waals surface area contributed by atoms with E-state index in [1.807, 2.05) is 6.07 Å². The zero-order chi connectivity index (χ0) is 13.8. The minimum absolute atomic E-state index is 0.220. The Balaban J connectivity index is 1.51. The zero-order valence-electron chi connectivity index (χ0n) is 12.2. The third-order valence-corrected chi connectivity index (χ3v) is 4.96. The number of nitrogens with one attached hydrogen (secondary N) is 1. The fraction of sp³-hybridized carbons (Fsp3) is 0.647. The lowest BCUT2D eigenvalue weighted by molar-refractivity contribution is 0.163. The van der Waals surface area contributed by atoms with Crippen LogP contribution >= 0.6 is 0 Å². The van der Waals surface area contributed by atoms with Crippen LogP contribution in [0.2, 0.25) is 0 Å². The molecule has 20 heavy (non-hydrogen) atoms. The summed E-state index contributed by atoms with van der Waals surface area (Å²) in [4.78, 5) is 2.65. The number of aliphatic hydroxyl groups is 1. The third kappa shape index (κ3) is 3.22. The van der Waals surface area contributed by atoms with Gasteiger partial charge in [-0.25, -0.2) is 0 Å². The molecule has 0 spiro atoms. The van der Waals surface area contributed by atoms with Crippen molar-refractivity contribution in [3.05, 3.63) is 35.9 Å². The first kappa shape index (κ1) is 14.1. The van der Waals surface area contributed by atoms with Crippen molar-refractivity contribution in [3.63, 3.8) is 0 Å². The van der Waals surface area contributed by atoms with Crippen LogP contribution in [0.5, 0.6) is 0 Å². The Kier molecular flexibility index (Phi) is 4.71. The predicted octanol–water partition coefficient (Wildman–Crippen LogP) is 1.98. The van der Waals surface area contributed by atoms with Gasteiger partial charge in [0.05, 0.1) is 6.61 Å². The minimum Gasteiger partial charge on any atom is -0.396 e. The summed E-state index contributed by atoms with van der Waals surface area (Å²) < 4.78 is 0. The number of hydrogen-bond acceptors (Lipinski definition) is 3. The van der Waals surface area contributed by atoms with Crippen molar-refractivity contribution in [2.24, 2.45) is 0 Å². The summed E-state index contributed by atoms with van der Waals surface area (Å²) in [6, 6.07) is 11.8. The molecule has 3 heteroatoms. The maximum atomic E-state index is 9.61. The Bertz CT molecular complexity index is 409. The SMILES string of the molecule is OC[C@@H](CN[C@@H]1CCN2CCC[C@@H]2C1)c1ccccc1. The number of benzene rings is 1. The first-order valence-corrected chi connectivity index (χ1v) is 8.00. The number of nitrogens with zero attached hydrogens (tertiary/aromatic N) is 1. The molecular weight excluding hydrogens is 248 g/mol. The molecule has 110 valence electrons. The summed E-state index contributed by atoms with van der Waals surface area (Å²) in [5, 5.41) is 13.3. The zero-order valence-corrected chi connectivity index (χ0v) is 12.2. The minimum atomic E-state index is 0.220. The molecule has 3 rings (SSSR count). The van der Waals surface area contributed by atoms with E-state index in [9.17, 15) is 5.11 Å². The van der Waals surface area contributed by atoms with Crippen LogP contribution in [0, 0.1) is 0 Å². The molecule has 1 aromatic rings. The van der Waals surface area contributed by atoms with Gasteiger partial charge in [0.2, 0.25) is 0 Å². The Labute approximate surface area is 122 Å². The highest BCUT2D eigenvalue weighted by Gasteiger charge is 2.31. The predicted molar refractivity (Wildman–Crippen MR) is 81.9 cm³/mol. The van der Waals surface area contributed by atoms with Gasteiger partial charge >= 0.3 is 0 Å². The van der Waals surface area contributed by atoms with Crippen molar-refractivity contribution in [3.8, 4) is 0 Å². The molecule has 3 nitrogen and oxygen atoms in total. The van der Waals surface area contributed by atoms with Crippen LogP contribution in [0.4, 0.5) is 0 Å². The van der Waals surface area contributed by atoms with Crippen LogP contribution in [0.1, 0.15) is 37.2 Å².